The predicted octanol–water partition coefficient (Wildman–Crippen LogP) is 2.08. The first-order valence-corrected chi connectivity index (χ1v) is 7.19. The minimum absolute atomic E-state index is 0.0518. The van der Waals surface area contributed by atoms with Gasteiger partial charge in [0.05, 0.1) is 5.69 Å². The Bertz CT molecular complexity index is 691. The van der Waals surface area contributed by atoms with Gasteiger partial charge in [0.25, 0.3) is 10.0 Å². The molecule has 0 aliphatic rings. The highest BCUT2D eigenvalue weighted by Gasteiger charge is 2.17. The Morgan fingerprint density at radius 1 is 1.16 bits per heavy atom. The van der Waals surface area contributed by atoms with Gasteiger partial charge in [-0.3, -0.25) is 4.72 Å². The van der Waals surface area contributed by atoms with E-state index in [1.54, 1.807) is 24.3 Å². The number of benzene rings is 1. The van der Waals surface area contributed by atoms with Gasteiger partial charge in [-0.2, -0.15) is 0 Å². The van der Waals surface area contributed by atoms with Crippen LogP contribution < -0.4 is 10.5 Å². The SMILES string of the molecule is Cc1cc(C)nc(NS(=O)(=O)c2ccccc2N)c1. The van der Waals surface area contributed by atoms with Gasteiger partial charge in [0, 0.05) is 5.69 Å². The van der Waals surface area contributed by atoms with Crippen molar-refractivity contribution in [1.29, 1.82) is 0 Å². The number of hydrogen-bond donors (Lipinski definition) is 2. The second-order valence-corrected chi connectivity index (χ2v) is 5.97. The quantitative estimate of drug-likeness (QED) is 0.841. The van der Waals surface area contributed by atoms with Crippen LogP contribution in [0, 0.1) is 13.8 Å². The zero-order valence-corrected chi connectivity index (χ0v) is 11.5. The molecule has 100 valence electrons. The Morgan fingerprint density at radius 3 is 2.47 bits per heavy atom. The van der Waals surface area contributed by atoms with E-state index in [2.05, 4.69) is 9.71 Å². The number of nitrogens with two attached hydrogens (primary N) is 1. The minimum Gasteiger partial charge on any atom is -0.398 e. The molecule has 2 rings (SSSR count). The van der Waals surface area contributed by atoms with E-state index in [-0.39, 0.29) is 10.6 Å². The van der Waals surface area contributed by atoms with E-state index >= 15 is 0 Å². The zero-order chi connectivity index (χ0) is 14.0. The summed E-state index contributed by atoms with van der Waals surface area (Å²) >= 11 is 0. The summed E-state index contributed by atoms with van der Waals surface area (Å²) in [5.41, 5.74) is 7.57. The molecule has 0 saturated carbocycles. The molecule has 0 unspecified atom stereocenters. The van der Waals surface area contributed by atoms with Crippen molar-refractivity contribution in [1.82, 2.24) is 4.98 Å². The monoisotopic (exact) mass is 277 g/mol. The van der Waals surface area contributed by atoms with Crippen LogP contribution in [0.2, 0.25) is 0 Å². The molecule has 6 heteroatoms. The number of rotatable bonds is 3. The number of hydrogen-bond acceptors (Lipinski definition) is 4. The van der Waals surface area contributed by atoms with Crippen LogP contribution in [0.15, 0.2) is 41.3 Å². The third kappa shape index (κ3) is 3.03. The van der Waals surface area contributed by atoms with E-state index < -0.39 is 10.0 Å². The number of para-hydroxylation sites is 1. The molecule has 0 atom stereocenters. The first-order chi connectivity index (χ1) is 8.88. The average Bonchev–Trinajstić information content (AvgIpc) is 2.26. The van der Waals surface area contributed by atoms with Gasteiger partial charge >= 0.3 is 0 Å². The Labute approximate surface area is 112 Å². The van der Waals surface area contributed by atoms with Crippen LogP contribution in [0.25, 0.3) is 0 Å². The van der Waals surface area contributed by atoms with E-state index in [1.165, 1.54) is 6.07 Å². The average molecular weight is 277 g/mol. The van der Waals surface area contributed by atoms with Gasteiger partial charge < -0.3 is 5.73 Å². The first kappa shape index (κ1) is 13.4. The van der Waals surface area contributed by atoms with E-state index in [1.807, 2.05) is 19.9 Å². The van der Waals surface area contributed by atoms with E-state index in [0.717, 1.165) is 11.3 Å². The number of nitrogen functional groups attached to an aromatic ring is 1. The second kappa shape index (κ2) is 4.89. The highest BCUT2D eigenvalue weighted by atomic mass is 32.2. The van der Waals surface area contributed by atoms with Crippen molar-refractivity contribution < 1.29 is 8.42 Å². The molecule has 2 aromatic rings. The standard InChI is InChI=1S/C13H15N3O2S/c1-9-7-10(2)15-13(8-9)16-19(17,18)12-6-4-3-5-11(12)14/h3-8H,14H2,1-2H3,(H,15,16). The van der Waals surface area contributed by atoms with Crippen molar-refractivity contribution in [2.45, 2.75) is 18.7 Å². The van der Waals surface area contributed by atoms with Crippen LogP contribution in [0.1, 0.15) is 11.3 Å². The van der Waals surface area contributed by atoms with Gasteiger partial charge in [0.15, 0.2) is 0 Å². The van der Waals surface area contributed by atoms with Crippen molar-refractivity contribution in [2.24, 2.45) is 0 Å². The maximum Gasteiger partial charge on any atom is 0.265 e. The van der Waals surface area contributed by atoms with Crippen molar-refractivity contribution in [3.05, 3.63) is 47.7 Å². The summed E-state index contributed by atoms with van der Waals surface area (Å²) in [5.74, 6) is 0.292. The lowest BCUT2D eigenvalue weighted by atomic mass is 10.2. The fourth-order valence-electron chi connectivity index (χ4n) is 1.81. The molecular formula is C13H15N3O2S. The fraction of sp³-hybridized carbons (Fsp3) is 0.154. The van der Waals surface area contributed by atoms with Crippen LogP contribution in [0.4, 0.5) is 11.5 Å². The lowest BCUT2D eigenvalue weighted by Crippen LogP contribution is -2.15. The van der Waals surface area contributed by atoms with Crippen LogP contribution in [-0.4, -0.2) is 13.4 Å². The van der Waals surface area contributed by atoms with E-state index in [9.17, 15) is 8.42 Å². The smallest absolute Gasteiger partial charge is 0.265 e. The summed E-state index contributed by atoms with van der Waals surface area (Å²) in [4.78, 5) is 4.20. The normalized spacial score (nSPS) is 11.3. The molecule has 0 bridgehead atoms. The molecule has 0 radical (unpaired) electrons. The van der Waals surface area contributed by atoms with Gasteiger partial charge in [0.2, 0.25) is 0 Å². The van der Waals surface area contributed by atoms with Crippen LogP contribution in [0.3, 0.4) is 0 Å². The van der Waals surface area contributed by atoms with Gasteiger partial charge in [-0.1, -0.05) is 12.1 Å². The summed E-state index contributed by atoms with van der Waals surface area (Å²) < 4.78 is 26.9. The molecule has 3 N–H and O–H groups in total. The fourth-order valence-corrected chi connectivity index (χ4v) is 2.94. The zero-order valence-electron chi connectivity index (χ0n) is 10.7. The van der Waals surface area contributed by atoms with Crippen molar-refractivity contribution in [3.63, 3.8) is 0 Å². The molecule has 1 aromatic heterocycles. The van der Waals surface area contributed by atoms with Crippen molar-refractivity contribution in [3.8, 4) is 0 Å². The molecule has 0 aliphatic heterocycles. The number of aromatic nitrogens is 1. The number of sulfonamides is 1. The highest BCUT2D eigenvalue weighted by molar-refractivity contribution is 7.92. The summed E-state index contributed by atoms with van der Waals surface area (Å²) in [7, 11) is -3.72. The summed E-state index contributed by atoms with van der Waals surface area (Å²) in [6, 6.07) is 9.85. The third-order valence-electron chi connectivity index (χ3n) is 2.55. The topological polar surface area (TPSA) is 85.1 Å². The lowest BCUT2D eigenvalue weighted by Gasteiger charge is -2.10. The first-order valence-electron chi connectivity index (χ1n) is 5.71. The summed E-state index contributed by atoms with van der Waals surface area (Å²) in [6.07, 6.45) is 0. The predicted molar refractivity (Wildman–Crippen MR) is 75.4 cm³/mol. The van der Waals surface area contributed by atoms with Gasteiger partial charge in [-0.15, -0.1) is 0 Å². The second-order valence-electron chi connectivity index (χ2n) is 4.31. The molecule has 0 fully saturated rings. The van der Waals surface area contributed by atoms with Crippen molar-refractivity contribution in [2.75, 3.05) is 10.5 Å². The maximum absolute atomic E-state index is 12.2. The molecule has 19 heavy (non-hydrogen) atoms. The molecule has 1 heterocycles. The molecule has 5 nitrogen and oxygen atoms in total. The highest BCUT2D eigenvalue weighted by Crippen LogP contribution is 2.20. The summed E-state index contributed by atoms with van der Waals surface area (Å²) in [6.45, 7) is 3.69. The largest absolute Gasteiger partial charge is 0.398 e. The Hall–Kier alpha value is -2.08. The summed E-state index contributed by atoms with van der Waals surface area (Å²) in [5, 5.41) is 0. The molecular weight excluding hydrogens is 262 g/mol. The van der Waals surface area contributed by atoms with Crippen LogP contribution in [-0.2, 0) is 10.0 Å². The van der Waals surface area contributed by atoms with Crippen LogP contribution in [0.5, 0.6) is 0 Å². The lowest BCUT2D eigenvalue weighted by molar-refractivity contribution is 0.601. The minimum atomic E-state index is -3.72. The molecule has 0 aliphatic carbocycles. The van der Waals surface area contributed by atoms with Gasteiger partial charge in [-0.05, 0) is 43.7 Å². The number of pyridine rings is 1. The maximum atomic E-state index is 12.2. The molecule has 0 saturated heterocycles. The Balaban J connectivity index is 2.39. The third-order valence-corrected chi connectivity index (χ3v) is 3.97. The van der Waals surface area contributed by atoms with Gasteiger partial charge in [-0.25, -0.2) is 13.4 Å². The number of anilines is 2. The molecule has 0 spiro atoms. The van der Waals surface area contributed by atoms with E-state index in [0.29, 0.717) is 5.82 Å². The number of nitrogens with one attached hydrogen (secondary N) is 1. The van der Waals surface area contributed by atoms with E-state index in [4.69, 9.17) is 5.73 Å². The number of nitrogens with zero attached hydrogens (tertiary/aromatic N) is 1. The Kier molecular flexibility index (Phi) is 3.44. The molecule has 0 amide bonds. The molecule has 1 aromatic carbocycles. The Morgan fingerprint density at radius 2 is 1.84 bits per heavy atom. The number of aryl methyl sites for hydroxylation is 2. The van der Waals surface area contributed by atoms with Crippen molar-refractivity contribution >= 4 is 21.5 Å². The van der Waals surface area contributed by atoms with Crippen LogP contribution >= 0.6 is 0 Å². The van der Waals surface area contributed by atoms with Gasteiger partial charge in [0.1, 0.15) is 10.7 Å².